The maximum atomic E-state index is 11.7. The molecule has 2 rings (SSSR count). The summed E-state index contributed by atoms with van der Waals surface area (Å²) >= 11 is 0. The van der Waals surface area contributed by atoms with Crippen LogP contribution in [0.1, 0.15) is 44.2 Å². The summed E-state index contributed by atoms with van der Waals surface area (Å²) in [5.41, 5.74) is -1.01. The van der Waals surface area contributed by atoms with Crippen LogP contribution in [0.15, 0.2) is 15.8 Å². The number of nitriles is 1. The molecule has 1 saturated carbocycles. The van der Waals surface area contributed by atoms with Gasteiger partial charge in [0.1, 0.15) is 11.6 Å². The van der Waals surface area contributed by atoms with Crippen molar-refractivity contribution in [2.75, 3.05) is 0 Å². The maximum absolute atomic E-state index is 11.7. The van der Waals surface area contributed by atoms with Crippen molar-refractivity contribution in [2.24, 2.45) is 5.92 Å². The van der Waals surface area contributed by atoms with E-state index in [1.165, 1.54) is 17.2 Å². The third-order valence-corrected chi connectivity index (χ3v) is 3.39. The SMILES string of the molecule is CC1CCCC(n2cc(C#N)c(=O)[nH]c2=O)C1. The first kappa shape index (κ1) is 11.6. The zero-order chi connectivity index (χ0) is 12.4. The summed E-state index contributed by atoms with van der Waals surface area (Å²) in [4.78, 5) is 25.2. The van der Waals surface area contributed by atoms with Crippen molar-refractivity contribution in [3.8, 4) is 6.07 Å². The standard InChI is InChI=1S/C12H15N3O2/c1-8-3-2-4-10(5-8)15-7-9(6-13)11(16)14-12(15)17/h7-8,10H,2-5H2,1H3,(H,14,16,17). The van der Waals surface area contributed by atoms with E-state index >= 15 is 0 Å². The molecule has 0 aliphatic heterocycles. The van der Waals surface area contributed by atoms with Crippen LogP contribution in [0, 0.1) is 17.2 Å². The molecule has 2 unspecified atom stereocenters. The van der Waals surface area contributed by atoms with Gasteiger partial charge < -0.3 is 0 Å². The van der Waals surface area contributed by atoms with E-state index < -0.39 is 11.2 Å². The van der Waals surface area contributed by atoms with Gasteiger partial charge in [-0.3, -0.25) is 14.3 Å². The first-order chi connectivity index (χ1) is 8.11. The fourth-order valence-electron chi connectivity index (χ4n) is 2.49. The molecule has 5 heteroatoms. The molecule has 1 aromatic heterocycles. The molecule has 90 valence electrons. The number of rotatable bonds is 1. The van der Waals surface area contributed by atoms with E-state index in [2.05, 4.69) is 11.9 Å². The molecule has 2 atom stereocenters. The van der Waals surface area contributed by atoms with Gasteiger partial charge in [-0.25, -0.2) is 4.79 Å². The van der Waals surface area contributed by atoms with Crippen LogP contribution in [-0.2, 0) is 0 Å². The number of aromatic amines is 1. The Balaban J connectivity index is 2.42. The second-order valence-corrected chi connectivity index (χ2v) is 4.75. The highest BCUT2D eigenvalue weighted by molar-refractivity contribution is 5.21. The first-order valence-corrected chi connectivity index (χ1v) is 5.87. The number of nitrogens with zero attached hydrogens (tertiary/aromatic N) is 2. The summed E-state index contributed by atoms with van der Waals surface area (Å²) in [7, 11) is 0. The van der Waals surface area contributed by atoms with Crippen LogP contribution in [0.3, 0.4) is 0 Å². The average Bonchev–Trinajstić information content (AvgIpc) is 2.29. The van der Waals surface area contributed by atoms with E-state index in [9.17, 15) is 9.59 Å². The normalized spacial score (nSPS) is 24.2. The van der Waals surface area contributed by atoms with Gasteiger partial charge in [0.05, 0.1) is 0 Å². The fraction of sp³-hybridized carbons (Fsp3) is 0.583. The predicted octanol–water partition coefficient (Wildman–Crippen LogP) is 1.16. The van der Waals surface area contributed by atoms with Gasteiger partial charge in [0.15, 0.2) is 0 Å². The van der Waals surface area contributed by atoms with Crippen LogP contribution in [0.25, 0.3) is 0 Å². The van der Waals surface area contributed by atoms with Gasteiger partial charge in [0, 0.05) is 12.2 Å². The van der Waals surface area contributed by atoms with Crippen LogP contribution < -0.4 is 11.2 Å². The van der Waals surface area contributed by atoms with Gasteiger partial charge in [-0.2, -0.15) is 5.26 Å². The van der Waals surface area contributed by atoms with Crippen LogP contribution >= 0.6 is 0 Å². The monoisotopic (exact) mass is 233 g/mol. The van der Waals surface area contributed by atoms with Crippen LogP contribution in [-0.4, -0.2) is 9.55 Å². The third kappa shape index (κ3) is 2.31. The molecule has 17 heavy (non-hydrogen) atoms. The van der Waals surface area contributed by atoms with E-state index in [0.29, 0.717) is 5.92 Å². The number of nitrogens with one attached hydrogen (secondary N) is 1. The molecule has 1 heterocycles. The molecule has 0 spiro atoms. The van der Waals surface area contributed by atoms with Crippen molar-refractivity contribution >= 4 is 0 Å². The second-order valence-electron chi connectivity index (χ2n) is 4.75. The molecule has 0 saturated heterocycles. The van der Waals surface area contributed by atoms with Crippen molar-refractivity contribution in [1.29, 1.82) is 5.26 Å². The highest BCUT2D eigenvalue weighted by Crippen LogP contribution is 2.30. The molecule has 0 bridgehead atoms. The van der Waals surface area contributed by atoms with Gasteiger partial charge in [0.25, 0.3) is 5.56 Å². The molecule has 0 radical (unpaired) electrons. The third-order valence-electron chi connectivity index (χ3n) is 3.39. The minimum atomic E-state index is -0.599. The molecule has 1 fully saturated rings. The summed E-state index contributed by atoms with van der Waals surface area (Å²) in [5, 5.41) is 8.80. The summed E-state index contributed by atoms with van der Waals surface area (Å²) in [6.07, 6.45) is 5.51. The molecular formula is C12H15N3O2. The zero-order valence-electron chi connectivity index (χ0n) is 9.77. The Hall–Kier alpha value is -1.83. The van der Waals surface area contributed by atoms with Gasteiger partial charge in [-0.05, 0) is 18.8 Å². The quantitative estimate of drug-likeness (QED) is 0.790. The summed E-state index contributed by atoms with van der Waals surface area (Å²) in [6.45, 7) is 2.16. The lowest BCUT2D eigenvalue weighted by Crippen LogP contribution is -2.35. The minimum Gasteiger partial charge on any atom is -0.296 e. The highest BCUT2D eigenvalue weighted by Gasteiger charge is 2.21. The smallest absolute Gasteiger partial charge is 0.296 e. The van der Waals surface area contributed by atoms with Crippen LogP contribution in [0.4, 0.5) is 0 Å². The van der Waals surface area contributed by atoms with Crippen molar-refractivity contribution in [2.45, 2.75) is 38.6 Å². The van der Waals surface area contributed by atoms with Crippen LogP contribution in [0.2, 0.25) is 0 Å². The lowest BCUT2D eigenvalue weighted by molar-refractivity contribution is 0.275. The molecule has 5 nitrogen and oxygen atoms in total. The Morgan fingerprint density at radius 2 is 2.24 bits per heavy atom. The first-order valence-electron chi connectivity index (χ1n) is 5.87. The topological polar surface area (TPSA) is 78.7 Å². The predicted molar refractivity (Wildman–Crippen MR) is 62.7 cm³/mol. The van der Waals surface area contributed by atoms with E-state index in [1.54, 1.807) is 0 Å². The number of hydrogen-bond acceptors (Lipinski definition) is 3. The number of hydrogen-bond donors (Lipinski definition) is 1. The van der Waals surface area contributed by atoms with Crippen molar-refractivity contribution in [3.05, 3.63) is 32.6 Å². The maximum Gasteiger partial charge on any atom is 0.328 e. The lowest BCUT2D eigenvalue weighted by Gasteiger charge is -2.27. The molecule has 1 aromatic rings. The Bertz CT molecular complexity index is 564. The molecule has 1 aliphatic rings. The van der Waals surface area contributed by atoms with Gasteiger partial charge in [0.2, 0.25) is 0 Å². The Morgan fingerprint density at radius 1 is 1.47 bits per heavy atom. The lowest BCUT2D eigenvalue weighted by atomic mass is 9.87. The minimum absolute atomic E-state index is 0.00262. The van der Waals surface area contributed by atoms with E-state index in [1.807, 2.05) is 6.07 Å². The van der Waals surface area contributed by atoms with Gasteiger partial charge in [-0.1, -0.05) is 19.8 Å². The Labute approximate surface area is 98.7 Å². The van der Waals surface area contributed by atoms with E-state index in [-0.39, 0.29) is 11.6 Å². The molecule has 1 aliphatic carbocycles. The number of H-pyrrole nitrogens is 1. The van der Waals surface area contributed by atoms with Gasteiger partial charge >= 0.3 is 5.69 Å². The van der Waals surface area contributed by atoms with Gasteiger partial charge in [-0.15, -0.1) is 0 Å². The van der Waals surface area contributed by atoms with Crippen LogP contribution in [0.5, 0.6) is 0 Å². The Morgan fingerprint density at radius 3 is 2.88 bits per heavy atom. The molecular weight excluding hydrogens is 218 g/mol. The second kappa shape index (κ2) is 4.58. The summed E-state index contributed by atoms with van der Waals surface area (Å²) < 4.78 is 1.51. The summed E-state index contributed by atoms with van der Waals surface area (Å²) in [5.74, 6) is 0.582. The Kier molecular flexibility index (Phi) is 3.14. The zero-order valence-corrected chi connectivity index (χ0v) is 9.77. The van der Waals surface area contributed by atoms with E-state index in [0.717, 1.165) is 19.3 Å². The average molecular weight is 233 g/mol. The fourth-order valence-corrected chi connectivity index (χ4v) is 2.49. The number of aromatic nitrogens is 2. The summed E-state index contributed by atoms with van der Waals surface area (Å²) in [6, 6.07) is 1.92. The van der Waals surface area contributed by atoms with Crippen molar-refractivity contribution < 1.29 is 0 Å². The largest absolute Gasteiger partial charge is 0.328 e. The highest BCUT2D eigenvalue weighted by atomic mass is 16.2. The van der Waals surface area contributed by atoms with Crippen molar-refractivity contribution in [3.63, 3.8) is 0 Å². The van der Waals surface area contributed by atoms with E-state index in [4.69, 9.17) is 5.26 Å². The molecule has 1 N–H and O–H groups in total. The molecule has 0 aromatic carbocycles. The van der Waals surface area contributed by atoms with Crippen molar-refractivity contribution in [1.82, 2.24) is 9.55 Å². The molecule has 0 amide bonds.